The molecule has 0 heterocycles. The molecule has 0 spiro atoms. The van der Waals surface area contributed by atoms with Gasteiger partial charge in [-0.05, 0) is 76.7 Å². The summed E-state index contributed by atoms with van der Waals surface area (Å²) in [6.45, 7) is 5.27. The number of amides is 3. The van der Waals surface area contributed by atoms with Crippen molar-refractivity contribution < 1.29 is 24.2 Å². The fourth-order valence-corrected chi connectivity index (χ4v) is 6.73. The van der Waals surface area contributed by atoms with Gasteiger partial charge in [0.2, 0.25) is 11.8 Å². The van der Waals surface area contributed by atoms with Crippen LogP contribution in [0.3, 0.4) is 0 Å². The molecule has 1 aromatic carbocycles. The van der Waals surface area contributed by atoms with Crippen molar-refractivity contribution in [2.75, 3.05) is 0 Å². The lowest BCUT2D eigenvalue weighted by Crippen LogP contribution is -2.66. The van der Waals surface area contributed by atoms with E-state index in [0.29, 0.717) is 23.8 Å². The van der Waals surface area contributed by atoms with Gasteiger partial charge in [0.25, 0.3) is 0 Å². The van der Waals surface area contributed by atoms with Gasteiger partial charge in [0.1, 0.15) is 17.7 Å². The number of ether oxygens (including phenoxy) is 1. The molecule has 1 aromatic rings. The average Bonchev–Trinajstić information content (AvgIpc) is 2.67. The van der Waals surface area contributed by atoms with Crippen molar-refractivity contribution >= 4 is 17.9 Å². The van der Waals surface area contributed by atoms with Gasteiger partial charge in [-0.15, -0.1) is 0 Å². The molecule has 0 aromatic heterocycles. The van der Waals surface area contributed by atoms with Crippen LogP contribution in [-0.2, 0) is 14.3 Å². The van der Waals surface area contributed by atoms with Crippen molar-refractivity contribution in [2.45, 2.75) is 82.6 Å². The molecule has 4 aliphatic rings. The van der Waals surface area contributed by atoms with Crippen molar-refractivity contribution in [1.82, 2.24) is 10.6 Å². The Bertz CT molecular complexity index is 912. The molecule has 4 saturated carbocycles. The zero-order valence-electron chi connectivity index (χ0n) is 19.6. The van der Waals surface area contributed by atoms with Gasteiger partial charge in [0.15, 0.2) is 0 Å². The molecule has 180 valence electrons. The first-order valence-electron chi connectivity index (χ1n) is 11.7. The average molecular weight is 458 g/mol. The fourth-order valence-electron chi connectivity index (χ4n) is 6.73. The van der Waals surface area contributed by atoms with Gasteiger partial charge in [-0.1, -0.05) is 30.3 Å². The zero-order valence-corrected chi connectivity index (χ0v) is 19.6. The van der Waals surface area contributed by atoms with E-state index in [-0.39, 0.29) is 0 Å². The summed E-state index contributed by atoms with van der Waals surface area (Å²) < 4.78 is 5.46. The van der Waals surface area contributed by atoms with Crippen LogP contribution in [0.15, 0.2) is 30.3 Å². The highest BCUT2D eigenvalue weighted by molar-refractivity contribution is 5.92. The van der Waals surface area contributed by atoms with Crippen molar-refractivity contribution in [3.05, 3.63) is 35.9 Å². The lowest BCUT2D eigenvalue weighted by Gasteiger charge is -2.61. The van der Waals surface area contributed by atoms with E-state index in [4.69, 9.17) is 10.5 Å². The smallest absolute Gasteiger partial charge is 0.408 e. The van der Waals surface area contributed by atoms with Crippen LogP contribution in [0.25, 0.3) is 0 Å². The van der Waals surface area contributed by atoms with Crippen molar-refractivity contribution in [2.24, 2.45) is 23.0 Å². The third kappa shape index (κ3) is 5.00. The second-order valence-electron chi connectivity index (χ2n) is 11.4. The van der Waals surface area contributed by atoms with Gasteiger partial charge in [-0.25, -0.2) is 4.79 Å². The Kier molecular flexibility index (Phi) is 5.93. The highest BCUT2D eigenvalue weighted by Crippen LogP contribution is 2.62. The van der Waals surface area contributed by atoms with Crippen molar-refractivity contribution in [1.29, 1.82) is 0 Å². The van der Waals surface area contributed by atoms with Crippen LogP contribution < -0.4 is 16.4 Å². The predicted octanol–water partition coefficient (Wildman–Crippen LogP) is 2.55. The molecule has 0 radical (unpaired) electrons. The molecule has 33 heavy (non-hydrogen) atoms. The summed E-state index contributed by atoms with van der Waals surface area (Å²) in [6, 6.07) is 6.81. The van der Waals surface area contributed by atoms with E-state index >= 15 is 0 Å². The molecule has 4 aliphatic carbocycles. The predicted molar refractivity (Wildman–Crippen MR) is 122 cm³/mol. The summed E-state index contributed by atoms with van der Waals surface area (Å²) in [5.74, 6) is -0.546. The minimum Gasteiger partial charge on any atom is -0.444 e. The van der Waals surface area contributed by atoms with E-state index in [0.717, 1.165) is 32.1 Å². The maximum absolute atomic E-state index is 13.7. The van der Waals surface area contributed by atoms with E-state index < -0.39 is 46.6 Å². The van der Waals surface area contributed by atoms with Gasteiger partial charge in [0, 0.05) is 5.41 Å². The maximum Gasteiger partial charge on any atom is 0.408 e. The number of benzene rings is 1. The molecule has 5 rings (SSSR count). The number of hydrogen-bond acceptors (Lipinski definition) is 5. The summed E-state index contributed by atoms with van der Waals surface area (Å²) in [5, 5.41) is 16.8. The van der Waals surface area contributed by atoms with E-state index in [1.807, 2.05) is 6.07 Å². The molecule has 4 bridgehead atoms. The number of alkyl carbamates (subject to hydrolysis) is 1. The van der Waals surface area contributed by atoms with E-state index in [9.17, 15) is 19.5 Å². The van der Waals surface area contributed by atoms with Gasteiger partial charge in [0.05, 0.1) is 5.60 Å². The summed E-state index contributed by atoms with van der Waals surface area (Å²) in [4.78, 5) is 38.7. The Balaban J connectivity index is 1.63. The Morgan fingerprint density at radius 2 is 1.67 bits per heavy atom. The number of nitrogens with one attached hydrogen (secondary N) is 2. The van der Waals surface area contributed by atoms with Crippen LogP contribution in [0.2, 0.25) is 0 Å². The van der Waals surface area contributed by atoms with Gasteiger partial charge >= 0.3 is 6.09 Å². The summed E-state index contributed by atoms with van der Waals surface area (Å²) >= 11 is 0. The summed E-state index contributed by atoms with van der Waals surface area (Å²) in [6.07, 6.45) is 3.74. The fraction of sp³-hybridized carbons (Fsp3) is 0.640. The Hall–Kier alpha value is -2.61. The Morgan fingerprint density at radius 3 is 2.18 bits per heavy atom. The number of carbonyl (C=O) groups is 3. The first-order chi connectivity index (χ1) is 15.4. The number of nitrogens with two attached hydrogens (primary N) is 1. The standard InChI is InChI=1S/C25H35N3O5/c1-23(2,3)33-22(31)28-19(21(30)27-18(20(26)29)17-7-5-4-6-8-17)24-10-15-9-16(11-24)13-25(32,12-15)14-24/h4-8,15-16,18-19,32H,9-14H2,1-3H3,(H2,26,29)(H,27,30)(H,28,31)/t15?,16?,18-,19-,24?,25?/m0/s1. The number of rotatable bonds is 6. The highest BCUT2D eigenvalue weighted by Gasteiger charge is 2.61. The zero-order chi connectivity index (χ0) is 24.0. The van der Waals surface area contributed by atoms with Gasteiger partial charge < -0.3 is 26.2 Å². The molecule has 4 atom stereocenters. The number of carbonyl (C=O) groups excluding carboxylic acids is 3. The number of aliphatic hydroxyl groups is 1. The van der Waals surface area contributed by atoms with Crippen LogP contribution in [0, 0.1) is 17.3 Å². The van der Waals surface area contributed by atoms with Gasteiger partial charge in [-0.2, -0.15) is 0 Å². The molecular formula is C25H35N3O5. The minimum atomic E-state index is -1.03. The molecule has 3 amide bonds. The summed E-state index contributed by atoms with van der Waals surface area (Å²) in [7, 11) is 0. The molecule has 0 saturated heterocycles. The first kappa shape index (κ1) is 23.5. The maximum atomic E-state index is 13.7. The van der Waals surface area contributed by atoms with Crippen LogP contribution in [0.1, 0.15) is 70.9 Å². The van der Waals surface area contributed by atoms with E-state index in [1.165, 1.54) is 0 Å². The van der Waals surface area contributed by atoms with E-state index in [2.05, 4.69) is 10.6 Å². The van der Waals surface area contributed by atoms with Crippen molar-refractivity contribution in [3.8, 4) is 0 Å². The SMILES string of the molecule is CC(C)(C)OC(=O)N[C@@H](C(=O)N[C@H](C(N)=O)c1ccccc1)C12CC3CC(CC(O)(C3)C1)C2. The molecule has 2 unspecified atom stereocenters. The quantitative estimate of drug-likeness (QED) is 0.521. The lowest BCUT2D eigenvalue weighted by molar-refractivity contribution is -0.177. The van der Waals surface area contributed by atoms with Crippen LogP contribution in [0.4, 0.5) is 4.79 Å². The van der Waals surface area contributed by atoms with E-state index in [1.54, 1.807) is 45.0 Å². The van der Waals surface area contributed by atoms with Crippen molar-refractivity contribution in [3.63, 3.8) is 0 Å². The third-order valence-electron chi connectivity index (χ3n) is 7.32. The highest BCUT2D eigenvalue weighted by atomic mass is 16.6. The Labute approximate surface area is 194 Å². The largest absolute Gasteiger partial charge is 0.444 e. The van der Waals surface area contributed by atoms with Gasteiger partial charge in [-0.3, -0.25) is 9.59 Å². The number of hydrogen-bond donors (Lipinski definition) is 4. The lowest BCUT2D eigenvalue weighted by atomic mass is 9.46. The monoisotopic (exact) mass is 457 g/mol. The molecule has 4 fully saturated rings. The topological polar surface area (TPSA) is 131 Å². The molecule has 8 nitrogen and oxygen atoms in total. The first-order valence-corrected chi connectivity index (χ1v) is 11.7. The number of primary amides is 1. The Morgan fingerprint density at radius 1 is 1.06 bits per heavy atom. The third-order valence-corrected chi connectivity index (χ3v) is 7.32. The summed E-state index contributed by atoms with van der Waals surface area (Å²) in [5.41, 5.74) is 4.04. The second kappa shape index (κ2) is 8.31. The molecular weight excluding hydrogens is 422 g/mol. The molecule has 5 N–H and O–H groups in total. The van der Waals surface area contributed by atoms with Crippen LogP contribution in [0.5, 0.6) is 0 Å². The normalized spacial score (nSPS) is 32.0. The minimum absolute atomic E-state index is 0.313. The van der Waals surface area contributed by atoms with Crippen LogP contribution in [-0.4, -0.2) is 40.3 Å². The second-order valence-corrected chi connectivity index (χ2v) is 11.4. The molecule has 0 aliphatic heterocycles. The van der Waals surface area contributed by atoms with Crippen LogP contribution >= 0.6 is 0 Å². The molecule has 8 heteroatoms.